The van der Waals surface area contributed by atoms with Crippen LogP contribution in [0.15, 0.2) is 36.4 Å². The molecule has 134 valence electrons. The zero-order chi connectivity index (χ0) is 18.7. The van der Waals surface area contributed by atoms with Gasteiger partial charge in [-0.05, 0) is 55.7 Å². The Hall–Kier alpha value is -2.66. The highest BCUT2D eigenvalue weighted by Crippen LogP contribution is 2.22. The number of rotatable bonds is 5. The number of nitrogens with zero attached hydrogens (tertiary/aromatic N) is 2. The van der Waals surface area contributed by atoms with Crippen molar-refractivity contribution in [3.8, 4) is 5.88 Å². The first kappa shape index (κ1) is 18.1. The second-order valence-electron chi connectivity index (χ2n) is 6.01. The molecule has 3 rings (SSSR count). The number of carbonyl (C=O) groups is 1. The van der Waals surface area contributed by atoms with Gasteiger partial charge in [-0.2, -0.15) is 0 Å². The van der Waals surface area contributed by atoms with E-state index in [0.29, 0.717) is 29.2 Å². The Labute approximate surface area is 157 Å². The van der Waals surface area contributed by atoms with Gasteiger partial charge in [-0.1, -0.05) is 29.8 Å². The number of benzene rings is 2. The molecule has 0 aliphatic rings. The van der Waals surface area contributed by atoms with Gasteiger partial charge in [0, 0.05) is 11.6 Å². The first-order valence-corrected chi connectivity index (χ1v) is 8.80. The van der Waals surface area contributed by atoms with Gasteiger partial charge in [0.1, 0.15) is 0 Å². The molecule has 0 spiro atoms. The van der Waals surface area contributed by atoms with Crippen LogP contribution in [0, 0.1) is 13.8 Å². The lowest BCUT2D eigenvalue weighted by atomic mass is 10.1. The molecule has 0 aliphatic heterocycles. The molecule has 0 atom stereocenters. The van der Waals surface area contributed by atoms with Crippen molar-refractivity contribution >= 4 is 28.5 Å². The smallest absolute Gasteiger partial charge is 0.275 e. The fourth-order valence-electron chi connectivity index (χ4n) is 2.58. The third-order valence-corrected chi connectivity index (χ3v) is 4.51. The van der Waals surface area contributed by atoms with Crippen molar-refractivity contribution in [2.45, 2.75) is 27.3 Å². The van der Waals surface area contributed by atoms with Crippen LogP contribution in [0.3, 0.4) is 0 Å². The fraction of sp³-hybridized carbons (Fsp3) is 0.250. The zero-order valence-corrected chi connectivity index (χ0v) is 15.7. The normalized spacial score (nSPS) is 10.8. The summed E-state index contributed by atoms with van der Waals surface area (Å²) in [4.78, 5) is 21.7. The number of carbonyl (C=O) groups excluding carboxylic acids is 1. The quantitative estimate of drug-likeness (QED) is 0.731. The predicted molar refractivity (Wildman–Crippen MR) is 103 cm³/mol. The summed E-state index contributed by atoms with van der Waals surface area (Å²) in [6.45, 7) is 6.56. The van der Waals surface area contributed by atoms with Gasteiger partial charge in [0.15, 0.2) is 5.69 Å². The van der Waals surface area contributed by atoms with Gasteiger partial charge in [-0.25, -0.2) is 9.97 Å². The first-order chi connectivity index (χ1) is 12.5. The average Bonchev–Trinajstić information content (AvgIpc) is 2.62. The number of nitrogens with one attached hydrogen (secondary N) is 1. The van der Waals surface area contributed by atoms with Crippen LogP contribution in [0.1, 0.15) is 34.1 Å². The summed E-state index contributed by atoms with van der Waals surface area (Å²) in [7, 11) is 0. The van der Waals surface area contributed by atoms with Crippen LogP contribution >= 0.6 is 11.6 Å². The van der Waals surface area contributed by atoms with Crippen LogP contribution in [0.2, 0.25) is 5.02 Å². The van der Waals surface area contributed by atoms with Crippen molar-refractivity contribution in [3.05, 3.63) is 63.8 Å². The van der Waals surface area contributed by atoms with Crippen molar-refractivity contribution in [3.63, 3.8) is 0 Å². The van der Waals surface area contributed by atoms with Gasteiger partial charge >= 0.3 is 0 Å². The van der Waals surface area contributed by atoms with Crippen LogP contribution < -0.4 is 10.1 Å². The Morgan fingerprint density at radius 3 is 2.42 bits per heavy atom. The highest BCUT2D eigenvalue weighted by molar-refractivity contribution is 6.31. The van der Waals surface area contributed by atoms with Crippen LogP contribution in [0.25, 0.3) is 11.0 Å². The molecule has 0 bridgehead atoms. The van der Waals surface area contributed by atoms with E-state index in [1.165, 1.54) is 0 Å². The highest BCUT2D eigenvalue weighted by atomic mass is 35.5. The van der Waals surface area contributed by atoms with Crippen LogP contribution in [-0.2, 0) is 6.54 Å². The maximum absolute atomic E-state index is 12.7. The number of halogens is 1. The summed E-state index contributed by atoms with van der Waals surface area (Å²) in [5.74, 6) is -0.110. The van der Waals surface area contributed by atoms with E-state index in [1.54, 1.807) is 6.07 Å². The predicted octanol–water partition coefficient (Wildman–Crippen LogP) is 4.23. The van der Waals surface area contributed by atoms with E-state index in [9.17, 15) is 4.79 Å². The fourth-order valence-corrected chi connectivity index (χ4v) is 2.78. The largest absolute Gasteiger partial charge is 0.476 e. The topological polar surface area (TPSA) is 64.1 Å². The molecular formula is C20H20ClN3O2. The number of fused-ring (bicyclic) bond motifs is 1. The van der Waals surface area contributed by atoms with Crippen molar-refractivity contribution in [1.82, 2.24) is 15.3 Å². The number of aromatic nitrogens is 2. The van der Waals surface area contributed by atoms with E-state index < -0.39 is 0 Å². The second-order valence-corrected chi connectivity index (χ2v) is 6.42. The molecule has 1 amide bonds. The van der Waals surface area contributed by atoms with Crippen LogP contribution in [0.4, 0.5) is 0 Å². The van der Waals surface area contributed by atoms with E-state index in [0.717, 1.165) is 16.7 Å². The van der Waals surface area contributed by atoms with E-state index in [-0.39, 0.29) is 17.5 Å². The van der Waals surface area contributed by atoms with Gasteiger partial charge in [0.2, 0.25) is 5.88 Å². The maximum atomic E-state index is 12.7. The van der Waals surface area contributed by atoms with Crippen LogP contribution in [0.5, 0.6) is 5.88 Å². The summed E-state index contributed by atoms with van der Waals surface area (Å²) in [5.41, 5.74) is 4.59. The number of hydrogen-bond donors (Lipinski definition) is 1. The number of amides is 1. The first-order valence-electron chi connectivity index (χ1n) is 8.43. The molecule has 5 nitrogen and oxygen atoms in total. The summed E-state index contributed by atoms with van der Waals surface area (Å²) >= 11 is 6.14. The third kappa shape index (κ3) is 3.78. The monoisotopic (exact) mass is 369 g/mol. The molecule has 26 heavy (non-hydrogen) atoms. The molecule has 0 saturated carbocycles. The van der Waals surface area contributed by atoms with Gasteiger partial charge in [0.05, 0.1) is 17.6 Å². The minimum absolute atomic E-state index is 0.176. The highest BCUT2D eigenvalue weighted by Gasteiger charge is 2.18. The van der Waals surface area contributed by atoms with Crippen LogP contribution in [-0.4, -0.2) is 22.5 Å². The summed E-state index contributed by atoms with van der Waals surface area (Å²) in [6, 6.07) is 11.3. The van der Waals surface area contributed by atoms with Crippen molar-refractivity contribution in [2.24, 2.45) is 0 Å². The van der Waals surface area contributed by atoms with E-state index in [4.69, 9.17) is 16.3 Å². The van der Waals surface area contributed by atoms with Gasteiger partial charge in [0.25, 0.3) is 5.91 Å². The summed E-state index contributed by atoms with van der Waals surface area (Å²) < 4.78 is 5.55. The Morgan fingerprint density at radius 2 is 1.77 bits per heavy atom. The SMILES string of the molecule is CCOc1nc2cc(C)c(C)cc2nc1C(=O)NCc1ccccc1Cl. The van der Waals surface area contributed by atoms with E-state index >= 15 is 0 Å². The summed E-state index contributed by atoms with van der Waals surface area (Å²) in [6.07, 6.45) is 0. The lowest BCUT2D eigenvalue weighted by molar-refractivity contribution is 0.0941. The molecule has 0 aliphatic carbocycles. The molecule has 6 heteroatoms. The van der Waals surface area contributed by atoms with Gasteiger partial charge in [-0.3, -0.25) is 4.79 Å². The molecular weight excluding hydrogens is 350 g/mol. The van der Waals surface area contributed by atoms with Gasteiger partial charge in [-0.15, -0.1) is 0 Å². The molecule has 1 heterocycles. The minimum atomic E-state index is -0.346. The number of hydrogen-bond acceptors (Lipinski definition) is 4. The Kier molecular flexibility index (Phi) is 5.38. The Balaban J connectivity index is 1.93. The van der Waals surface area contributed by atoms with Gasteiger partial charge < -0.3 is 10.1 Å². The minimum Gasteiger partial charge on any atom is -0.476 e. The third-order valence-electron chi connectivity index (χ3n) is 4.14. The molecule has 0 saturated heterocycles. The molecule has 1 aromatic heterocycles. The van der Waals surface area contributed by atoms with Crippen molar-refractivity contribution in [1.29, 1.82) is 0 Å². The second kappa shape index (κ2) is 7.70. The molecule has 0 fully saturated rings. The maximum Gasteiger partial charge on any atom is 0.275 e. The summed E-state index contributed by atoms with van der Waals surface area (Å²) in [5, 5.41) is 3.44. The lowest BCUT2D eigenvalue weighted by Crippen LogP contribution is -2.25. The van der Waals surface area contributed by atoms with E-state index in [1.807, 2.05) is 51.1 Å². The molecule has 1 N–H and O–H groups in total. The van der Waals surface area contributed by atoms with E-state index in [2.05, 4.69) is 15.3 Å². The zero-order valence-electron chi connectivity index (χ0n) is 15.0. The Bertz CT molecular complexity index is 973. The Morgan fingerprint density at radius 1 is 1.12 bits per heavy atom. The average molecular weight is 370 g/mol. The molecule has 0 unspecified atom stereocenters. The number of ether oxygens (including phenoxy) is 1. The standard InChI is InChI=1S/C20H20ClN3O2/c1-4-26-20-18(19(25)22-11-14-7-5-6-8-15(14)21)23-16-9-12(2)13(3)10-17(16)24-20/h5-10H,4,11H2,1-3H3,(H,22,25). The van der Waals surface area contributed by atoms with Crippen molar-refractivity contribution < 1.29 is 9.53 Å². The lowest BCUT2D eigenvalue weighted by Gasteiger charge is -2.12. The van der Waals surface area contributed by atoms with Crippen molar-refractivity contribution in [2.75, 3.05) is 6.61 Å². The molecule has 3 aromatic rings. The molecule has 0 radical (unpaired) electrons. The number of aryl methyl sites for hydroxylation is 2. The molecule has 2 aromatic carbocycles.